The predicted molar refractivity (Wildman–Crippen MR) is 73.7 cm³/mol. The van der Waals surface area contributed by atoms with Gasteiger partial charge in [-0.05, 0) is 31.4 Å². The number of hydrogen-bond donors (Lipinski definition) is 0. The van der Waals surface area contributed by atoms with Crippen LogP contribution in [-0.2, 0) is 15.4 Å². The number of hydrogen-bond acceptors (Lipinski definition) is 2. The molecule has 2 aliphatic rings. The largest absolute Gasteiger partial charge is 0.269 e. The van der Waals surface area contributed by atoms with Crippen LogP contribution in [-0.4, -0.2) is 27.4 Å². The van der Waals surface area contributed by atoms with Crippen molar-refractivity contribution in [3.05, 3.63) is 29.6 Å². The highest BCUT2D eigenvalue weighted by Crippen LogP contribution is 2.54. The molecule has 1 aliphatic heterocycles. The summed E-state index contributed by atoms with van der Waals surface area (Å²) >= 11 is 0. The van der Waals surface area contributed by atoms with Gasteiger partial charge in [-0.1, -0.05) is 12.5 Å². The molecule has 0 bridgehead atoms. The summed E-state index contributed by atoms with van der Waals surface area (Å²) in [6.07, 6.45) is 2.61. The van der Waals surface area contributed by atoms with E-state index in [1.807, 2.05) is 0 Å². The molecule has 1 fully saturated rings. The Morgan fingerprint density at radius 1 is 1.30 bits per heavy atom. The minimum Gasteiger partial charge on any atom is -0.269 e. The minimum absolute atomic E-state index is 0.0174. The van der Waals surface area contributed by atoms with Gasteiger partial charge in [0.15, 0.2) is 0 Å². The minimum atomic E-state index is -3.57. The number of sulfonamides is 1. The quantitative estimate of drug-likeness (QED) is 0.857. The van der Waals surface area contributed by atoms with E-state index < -0.39 is 16.7 Å². The third kappa shape index (κ3) is 1.92. The zero-order chi connectivity index (χ0) is 14.4. The van der Waals surface area contributed by atoms with Crippen LogP contribution in [0, 0.1) is 5.82 Å². The second-order valence-electron chi connectivity index (χ2n) is 5.63. The van der Waals surface area contributed by atoms with Crippen LogP contribution in [0.25, 0.3) is 0 Å². The molecule has 0 aromatic heterocycles. The van der Waals surface area contributed by atoms with Crippen LogP contribution < -0.4 is 4.31 Å². The Balaban J connectivity index is 2.03. The van der Waals surface area contributed by atoms with Crippen LogP contribution in [0.2, 0.25) is 0 Å². The number of alkyl halides is 1. The van der Waals surface area contributed by atoms with Gasteiger partial charge in [0, 0.05) is 17.5 Å². The topological polar surface area (TPSA) is 37.4 Å². The van der Waals surface area contributed by atoms with Crippen molar-refractivity contribution in [1.82, 2.24) is 0 Å². The van der Waals surface area contributed by atoms with Crippen molar-refractivity contribution in [2.45, 2.75) is 31.1 Å². The molecule has 1 aromatic carbocycles. The summed E-state index contributed by atoms with van der Waals surface area (Å²) in [6, 6.07) is 4.57. The molecule has 1 aromatic rings. The van der Waals surface area contributed by atoms with Crippen LogP contribution in [0.4, 0.5) is 14.5 Å². The van der Waals surface area contributed by atoms with Crippen molar-refractivity contribution < 1.29 is 17.2 Å². The third-order valence-electron chi connectivity index (χ3n) is 4.42. The fraction of sp³-hybridized carbons (Fsp3) is 0.571. The molecule has 3 rings (SSSR count). The lowest BCUT2D eigenvalue weighted by atomic mass is 9.65. The first-order chi connectivity index (χ1) is 9.50. The lowest BCUT2D eigenvalue weighted by Gasteiger charge is -2.39. The second-order valence-corrected chi connectivity index (χ2v) is 7.65. The van der Waals surface area contributed by atoms with Crippen molar-refractivity contribution in [3.8, 4) is 0 Å². The lowest BCUT2D eigenvalue weighted by molar-refractivity contribution is 0.260. The monoisotopic (exact) mass is 301 g/mol. The summed E-state index contributed by atoms with van der Waals surface area (Å²) in [7, 11) is -3.57. The molecule has 6 heteroatoms. The van der Waals surface area contributed by atoms with Gasteiger partial charge in [0.25, 0.3) is 0 Å². The Hall–Kier alpha value is -1.17. The number of rotatable bonds is 4. The summed E-state index contributed by atoms with van der Waals surface area (Å²) in [5.41, 5.74) is 0.627. The molecule has 0 unspecified atom stereocenters. The molecule has 0 saturated heterocycles. The van der Waals surface area contributed by atoms with E-state index in [9.17, 15) is 17.2 Å². The Morgan fingerprint density at radius 3 is 2.65 bits per heavy atom. The zero-order valence-corrected chi connectivity index (χ0v) is 11.9. The summed E-state index contributed by atoms with van der Waals surface area (Å²) < 4.78 is 52.3. The van der Waals surface area contributed by atoms with E-state index in [-0.39, 0.29) is 23.4 Å². The number of fused-ring (bicyclic) bond motifs is 2. The molecular formula is C14H17F2NO2S. The van der Waals surface area contributed by atoms with Gasteiger partial charge in [0.1, 0.15) is 5.82 Å². The Labute approximate surface area is 117 Å². The Morgan fingerprint density at radius 2 is 2.05 bits per heavy atom. The molecule has 20 heavy (non-hydrogen) atoms. The van der Waals surface area contributed by atoms with Crippen molar-refractivity contribution in [2.24, 2.45) is 0 Å². The first-order valence-electron chi connectivity index (χ1n) is 6.86. The molecule has 0 amide bonds. The van der Waals surface area contributed by atoms with Crippen LogP contribution in [0.3, 0.4) is 0 Å². The molecule has 1 saturated carbocycles. The van der Waals surface area contributed by atoms with Crippen molar-refractivity contribution >= 4 is 15.7 Å². The average molecular weight is 301 g/mol. The van der Waals surface area contributed by atoms with E-state index in [0.29, 0.717) is 17.8 Å². The highest BCUT2D eigenvalue weighted by molar-refractivity contribution is 7.92. The fourth-order valence-electron chi connectivity index (χ4n) is 3.29. The van der Waals surface area contributed by atoms with Crippen LogP contribution in [0.1, 0.15) is 31.2 Å². The standard InChI is InChI=1S/C14H17F2NO2S/c15-8-3-9-20(18,19)17-10-14(6-2-7-14)13-11(16)4-1-5-12(13)17/h1,4-5H,2-3,6-10H2. The highest BCUT2D eigenvalue weighted by Gasteiger charge is 2.51. The van der Waals surface area contributed by atoms with Crippen molar-refractivity contribution in [1.29, 1.82) is 0 Å². The summed E-state index contributed by atoms with van der Waals surface area (Å²) in [5, 5.41) is 0. The maximum absolute atomic E-state index is 14.1. The summed E-state index contributed by atoms with van der Waals surface area (Å²) in [6.45, 7) is -0.355. The number of halogens is 2. The highest BCUT2D eigenvalue weighted by atomic mass is 32.2. The van der Waals surface area contributed by atoms with Crippen molar-refractivity contribution in [3.63, 3.8) is 0 Å². The van der Waals surface area contributed by atoms with Gasteiger partial charge >= 0.3 is 0 Å². The van der Waals surface area contributed by atoms with Gasteiger partial charge in [-0.25, -0.2) is 12.8 Å². The molecule has 3 nitrogen and oxygen atoms in total. The zero-order valence-electron chi connectivity index (χ0n) is 11.1. The first-order valence-corrected chi connectivity index (χ1v) is 8.46. The first kappa shape index (κ1) is 13.8. The summed E-state index contributed by atoms with van der Waals surface area (Å²) in [4.78, 5) is 0. The maximum Gasteiger partial charge on any atom is 0.235 e. The summed E-state index contributed by atoms with van der Waals surface area (Å²) in [5.74, 6) is -0.555. The fourth-order valence-corrected chi connectivity index (χ4v) is 4.88. The smallest absolute Gasteiger partial charge is 0.235 e. The number of benzene rings is 1. The molecule has 1 aliphatic carbocycles. The van der Waals surface area contributed by atoms with Crippen LogP contribution >= 0.6 is 0 Å². The van der Waals surface area contributed by atoms with Gasteiger partial charge in [-0.3, -0.25) is 8.70 Å². The SMILES string of the molecule is O=S(=O)(CCCF)N1CC2(CCC2)c2c(F)cccc21. The van der Waals surface area contributed by atoms with Gasteiger partial charge in [0.2, 0.25) is 10.0 Å². The number of nitrogens with zero attached hydrogens (tertiary/aromatic N) is 1. The molecule has 1 spiro atoms. The van der Waals surface area contributed by atoms with E-state index in [1.165, 1.54) is 16.4 Å². The normalized spacial score (nSPS) is 20.0. The average Bonchev–Trinajstić information content (AvgIpc) is 2.74. The molecule has 0 N–H and O–H groups in total. The lowest BCUT2D eigenvalue weighted by Crippen LogP contribution is -2.42. The Bertz CT molecular complexity index is 626. The van der Waals surface area contributed by atoms with Gasteiger partial charge in [0.05, 0.1) is 18.1 Å². The molecule has 0 atom stereocenters. The van der Waals surface area contributed by atoms with Gasteiger partial charge in [-0.15, -0.1) is 0 Å². The number of anilines is 1. The van der Waals surface area contributed by atoms with Crippen LogP contribution in [0.15, 0.2) is 18.2 Å². The van der Waals surface area contributed by atoms with E-state index in [0.717, 1.165) is 19.3 Å². The molecule has 0 radical (unpaired) electrons. The third-order valence-corrected chi connectivity index (χ3v) is 6.22. The van der Waals surface area contributed by atoms with E-state index >= 15 is 0 Å². The molecular weight excluding hydrogens is 284 g/mol. The molecule has 110 valence electrons. The van der Waals surface area contributed by atoms with E-state index in [2.05, 4.69) is 0 Å². The predicted octanol–water partition coefficient (Wildman–Crippen LogP) is 2.76. The van der Waals surface area contributed by atoms with E-state index in [1.54, 1.807) is 6.07 Å². The second kappa shape index (κ2) is 4.69. The van der Waals surface area contributed by atoms with Gasteiger partial charge in [-0.2, -0.15) is 0 Å². The Kier molecular flexibility index (Phi) is 3.23. The van der Waals surface area contributed by atoms with Crippen molar-refractivity contribution in [2.75, 3.05) is 23.3 Å². The van der Waals surface area contributed by atoms with E-state index in [4.69, 9.17) is 0 Å². The van der Waals surface area contributed by atoms with Crippen LogP contribution in [0.5, 0.6) is 0 Å². The van der Waals surface area contributed by atoms with Gasteiger partial charge < -0.3 is 0 Å². The maximum atomic E-state index is 14.1. The molecule has 1 heterocycles.